The minimum Gasteiger partial charge on any atom is -0.497 e. The van der Waals surface area contributed by atoms with Crippen LogP contribution in [0.1, 0.15) is 23.3 Å². The van der Waals surface area contributed by atoms with Gasteiger partial charge in [-0.2, -0.15) is 0 Å². The normalized spacial score (nSPS) is 13.2. The molecule has 0 saturated carbocycles. The van der Waals surface area contributed by atoms with Crippen LogP contribution in [0.5, 0.6) is 5.75 Å². The minimum atomic E-state index is -0.239. The van der Waals surface area contributed by atoms with Crippen molar-refractivity contribution in [1.29, 1.82) is 0 Å². The van der Waals surface area contributed by atoms with E-state index in [9.17, 15) is 4.79 Å². The predicted octanol–water partition coefficient (Wildman–Crippen LogP) is 4.69. The first kappa shape index (κ1) is 18.8. The number of pyridine rings is 1. The maximum Gasteiger partial charge on any atom is 0.274 e. The number of aromatic nitrogens is 1. The Hall–Kier alpha value is -3.54. The van der Waals surface area contributed by atoms with E-state index in [1.54, 1.807) is 19.4 Å². The fraction of sp³-hybridized carbons (Fsp3) is 0.217. The lowest BCUT2D eigenvalue weighted by Gasteiger charge is -2.17. The molecular formula is C23H24N4O2. The average molecular weight is 388 g/mol. The van der Waals surface area contributed by atoms with Crippen molar-refractivity contribution in [3.63, 3.8) is 0 Å². The number of nitrogens with one attached hydrogen (secondary N) is 2. The highest BCUT2D eigenvalue weighted by Crippen LogP contribution is 2.23. The van der Waals surface area contributed by atoms with Crippen LogP contribution >= 0.6 is 0 Å². The van der Waals surface area contributed by atoms with Gasteiger partial charge in [-0.25, -0.2) is 0 Å². The summed E-state index contributed by atoms with van der Waals surface area (Å²) in [5.41, 5.74) is 4.00. The van der Waals surface area contributed by atoms with E-state index in [1.165, 1.54) is 18.5 Å². The Morgan fingerprint density at radius 3 is 2.31 bits per heavy atom. The standard InChI is InChI=1S/C23H24N4O2/c1-29-21-10-6-17(7-11-21)25-19-12-13-24-22(16-19)23(28)26-18-4-8-20(9-5-18)27-14-2-3-15-27/h4-13,16H,2-3,14-15H2,1H3,(H,24,25)(H,26,28). The Kier molecular flexibility index (Phi) is 5.61. The lowest BCUT2D eigenvalue weighted by atomic mass is 10.2. The Balaban J connectivity index is 1.41. The molecule has 6 heteroatoms. The number of rotatable bonds is 6. The van der Waals surface area contributed by atoms with Gasteiger partial charge in [0.05, 0.1) is 7.11 Å². The van der Waals surface area contributed by atoms with Crippen molar-refractivity contribution in [1.82, 2.24) is 4.98 Å². The second-order valence-electron chi connectivity index (χ2n) is 6.98. The van der Waals surface area contributed by atoms with E-state index in [0.717, 1.165) is 35.9 Å². The summed E-state index contributed by atoms with van der Waals surface area (Å²) in [6.45, 7) is 2.20. The molecule has 0 bridgehead atoms. The van der Waals surface area contributed by atoms with Crippen LogP contribution in [0.25, 0.3) is 0 Å². The zero-order valence-corrected chi connectivity index (χ0v) is 16.4. The molecule has 3 aromatic rings. The largest absolute Gasteiger partial charge is 0.497 e. The zero-order valence-electron chi connectivity index (χ0n) is 16.4. The topological polar surface area (TPSA) is 66.5 Å². The summed E-state index contributed by atoms with van der Waals surface area (Å²) in [7, 11) is 1.64. The number of methoxy groups -OCH3 is 1. The molecule has 0 spiro atoms. The zero-order chi connectivity index (χ0) is 20.1. The van der Waals surface area contributed by atoms with E-state index in [0.29, 0.717) is 5.69 Å². The molecule has 2 heterocycles. The molecule has 0 atom stereocenters. The van der Waals surface area contributed by atoms with Crippen LogP contribution in [-0.2, 0) is 0 Å². The summed E-state index contributed by atoms with van der Waals surface area (Å²) in [4.78, 5) is 19.2. The number of benzene rings is 2. The van der Waals surface area contributed by atoms with Crippen molar-refractivity contribution in [2.24, 2.45) is 0 Å². The monoisotopic (exact) mass is 388 g/mol. The molecule has 4 rings (SSSR count). The lowest BCUT2D eigenvalue weighted by molar-refractivity contribution is 0.102. The number of amides is 1. The van der Waals surface area contributed by atoms with Gasteiger partial charge in [-0.3, -0.25) is 9.78 Å². The third-order valence-corrected chi connectivity index (χ3v) is 4.97. The van der Waals surface area contributed by atoms with Gasteiger partial charge in [0.25, 0.3) is 5.91 Å². The van der Waals surface area contributed by atoms with Crippen molar-refractivity contribution < 1.29 is 9.53 Å². The molecule has 6 nitrogen and oxygen atoms in total. The van der Waals surface area contributed by atoms with Crippen molar-refractivity contribution in [3.05, 3.63) is 72.6 Å². The molecule has 148 valence electrons. The highest BCUT2D eigenvalue weighted by molar-refractivity contribution is 6.03. The molecule has 1 fully saturated rings. The maximum absolute atomic E-state index is 12.6. The van der Waals surface area contributed by atoms with E-state index in [-0.39, 0.29) is 5.91 Å². The first-order valence-corrected chi connectivity index (χ1v) is 9.75. The number of nitrogens with zero attached hydrogens (tertiary/aromatic N) is 2. The molecule has 1 amide bonds. The fourth-order valence-corrected chi connectivity index (χ4v) is 3.40. The summed E-state index contributed by atoms with van der Waals surface area (Å²) >= 11 is 0. The quantitative estimate of drug-likeness (QED) is 0.641. The number of anilines is 4. The lowest BCUT2D eigenvalue weighted by Crippen LogP contribution is -2.17. The van der Waals surface area contributed by atoms with Crippen LogP contribution in [-0.4, -0.2) is 31.1 Å². The molecule has 2 aromatic carbocycles. The highest BCUT2D eigenvalue weighted by Gasteiger charge is 2.13. The molecule has 29 heavy (non-hydrogen) atoms. The molecular weight excluding hydrogens is 364 g/mol. The molecule has 1 saturated heterocycles. The van der Waals surface area contributed by atoms with Gasteiger partial charge in [0.2, 0.25) is 0 Å². The van der Waals surface area contributed by atoms with Crippen molar-refractivity contribution in [2.75, 3.05) is 35.7 Å². The number of carbonyl (C=O) groups is 1. The summed E-state index contributed by atoms with van der Waals surface area (Å²) < 4.78 is 5.17. The molecule has 1 aliphatic heterocycles. The highest BCUT2D eigenvalue weighted by atomic mass is 16.5. The van der Waals surface area contributed by atoms with Crippen LogP contribution in [0, 0.1) is 0 Å². The summed E-state index contributed by atoms with van der Waals surface area (Å²) in [5, 5.41) is 6.19. The van der Waals surface area contributed by atoms with Gasteiger partial charge in [0, 0.05) is 42.0 Å². The SMILES string of the molecule is COc1ccc(Nc2ccnc(C(=O)Nc3ccc(N4CCCC4)cc3)c2)cc1. The first-order chi connectivity index (χ1) is 14.2. The van der Waals surface area contributed by atoms with E-state index >= 15 is 0 Å². The van der Waals surface area contributed by atoms with E-state index in [2.05, 4.69) is 32.7 Å². The third kappa shape index (κ3) is 4.66. The first-order valence-electron chi connectivity index (χ1n) is 9.75. The smallest absolute Gasteiger partial charge is 0.274 e. The van der Waals surface area contributed by atoms with Crippen molar-refractivity contribution in [3.8, 4) is 5.75 Å². The summed E-state index contributed by atoms with van der Waals surface area (Å²) in [6, 6.07) is 19.1. The minimum absolute atomic E-state index is 0.239. The second-order valence-corrected chi connectivity index (χ2v) is 6.98. The van der Waals surface area contributed by atoms with Gasteiger partial charge in [0.15, 0.2) is 0 Å². The molecule has 1 aromatic heterocycles. The molecule has 0 unspecified atom stereocenters. The maximum atomic E-state index is 12.6. The summed E-state index contributed by atoms with van der Waals surface area (Å²) in [5.74, 6) is 0.554. The predicted molar refractivity (Wildman–Crippen MR) is 116 cm³/mol. The van der Waals surface area contributed by atoms with Gasteiger partial charge in [-0.1, -0.05) is 0 Å². The van der Waals surface area contributed by atoms with Crippen molar-refractivity contribution >= 4 is 28.7 Å². The molecule has 0 aliphatic carbocycles. The van der Waals surface area contributed by atoms with Gasteiger partial charge < -0.3 is 20.3 Å². The number of hydrogen-bond acceptors (Lipinski definition) is 5. The van der Waals surface area contributed by atoms with Crippen LogP contribution in [0.4, 0.5) is 22.7 Å². The fourth-order valence-electron chi connectivity index (χ4n) is 3.40. The number of carbonyl (C=O) groups excluding carboxylic acids is 1. The number of ether oxygens (including phenoxy) is 1. The van der Waals surface area contributed by atoms with Crippen LogP contribution < -0.4 is 20.3 Å². The van der Waals surface area contributed by atoms with Gasteiger partial charge >= 0.3 is 0 Å². The van der Waals surface area contributed by atoms with Crippen molar-refractivity contribution in [2.45, 2.75) is 12.8 Å². The van der Waals surface area contributed by atoms with Crippen LogP contribution in [0.3, 0.4) is 0 Å². The van der Waals surface area contributed by atoms with Gasteiger partial charge in [-0.05, 0) is 73.5 Å². The second kappa shape index (κ2) is 8.65. The van der Waals surface area contributed by atoms with Gasteiger partial charge in [-0.15, -0.1) is 0 Å². The molecule has 0 radical (unpaired) electrons. The Labute approximate surface area is 170 Å². The third-order valence-electron chi connectivity index (χ3n) is 4.97. The summed E-state index contributed by atoms with van der Waals surface area (Å²) in [6.07, 6.45) is 4.10. The van der Waals surface area contributed by atoms with E-state index < -0.39 is 0 Å². The van der Waals surface area contributed by atoms with E-state index in [4.69, 9.17) is 4.74 Å². The van der Waals surface area contributed by atoms with Crippen LogP contribution in [0.15, 0.2) is 66.9 Å². The van der Waals surface area contributed by atoms with Gasteiger partial charge in [0.1, 0.15) is 11.4 Å². The Morgan fingerprint density at radius 2 is 1.62 bits per heavy atom. The van der Waals surface area contributed by atoms with Crippen LogP contribution in [0.2, 0.25) is 0 Å². The molecule has 1 aliphatic rings. The Bertz CT molecular complexity index is 965. The Morgan fingerprint density at radius 1 is 0.931 bits per heavy atom. The average Bonchev–Trinajstić information content (AvgIpc) is 3.30. The number of hydrogen-bond donors (Lipinski definition) is 2. The molecule has 2 N–H and O–H groups in total. The van der Waals surface area contributed by atoms with E-state index in [1.807, 2.05) is 42.5 Å².